The van der Waals surface area contributed by atoms with Crippen LogP contribution in [0.5, 0.6) is 5.75 Å². The van der Waals surface area contributed by atoms with Gasteiger partial charge in [0.05, 0.1) is 0 Å². The van der Waals surface area contributed by atoms with Crippen LogP contribution in [0.1, 0.15) is 5.56 Å². The number of anilines is 1. The van der Waals surface area contributed by atoms with Gasteiger partial charge < -0.3 is 10.4 Å². The summed E-state index contributed by atoms with van der Waals surface area (Å²) in [4.78, 5) is 0. The van der Waals surface area contributed by atoms with Crippen molar-refractivity contribution in [3.05, 3.63) is 29.8 Å². The predicted molar refractivity (Wildman–Crippen MR) is 45.6 cm³/mol. The van der Waals surface area contributed by atoms with Crippen molar-refractivity contribution in [2.24, 2.45) is 0 Å². The first-order valence-corrected chi connectivity index (χ1v) is 3.60. The molecule has 2 rings (SSSR count). The van der Waals surface area contributed by atoms with Crippen LogP contribution in [0.25, 0.3) is 6.08 Å². The Bertz CT molecular complexity index is 304. The maximum Gasteiger partial charge on any atom is 0.117 e. The minimum atomic E-state index is 0.312. The molecule has 56 valence electrons. The van der Waals surface area contributed by atoms with E-state index in [2.05, 4.69) is 11.4 Å². The summed E-state index contributed by atoms with van der Waals surface area (Å²) in [5.74, 6) is 0.312. The molecule has 0 bridgehead atoms. The summed E-state index contributed by atoms with van der Waals surface area (Å²) in [7, 11) is 0. The van der Waals surface area contributed by atoms with E-state index in [0.29, 0.717) is 5.75 Å². The number of phenols is 1. The van der Waals surface area contributed by atoms with Gasteiger partial charge in [0.25, 0.3) is 0 Å². The molecule has 1 aliphatic rings. The van der Waals surface area contributed by atoms with Crippen molar-refractivity contribution in [2.75, 3.05) is 11.9 Å². The fourth-order valence-electron chi connectivity index (χ4n) is 1.20. The Morgan fingerprint density at radius 1 is 1.36 bits per heavy atom. The highest BCUT2D eigenvalue weighted by Crippen LogP contribution is 2.24. The molecular weight excluding hydrogens is 138 g/mol. The summed E-state index contributed by atoms with van der Waals surface area (Å²) in [6.45, 7) is 0.844. The highest BCUT2D eigenvalue weighted by molar-refractivity contribution is 5.71. The number of benzene rings is 1. The summed E-state index contributed by atoms with van der Waals surface area (Å²) in [6, 6.07) is 5.32. The average Bonchev–Trinajstić information content (AvgIpc) is 2.04. The summed E-state index contributed by atoms with van der Waals surface area (Å²) in [5, 5.41) is 12.3. The zero-order chi connectivity index (χ0) is 7.68. The molecule has 0 spiro atoms. The Labute approximate surface area is 65.2 Å². The maximum atomic E-state index is 9.12. The molecule has 11 heavy (non-hydrogen) atoms. The highest BCUT2D eigenvalue weighted by atomic mass is 16.3. The lowest BCUT2D eigenvalue weighted by molar-refractivity contribution is 0.475. The van der Waals surface area contributed by atoms with Gasteiger partial charge in [-0.2, -0.15) is 0 Å². The Balaban J connectivity index is 2.53. The van der Waals surface area contributed by atoms with Crippen LogP contribution in [0.3, 0.4) is 0 Å². The van der Waals surface area contributed by atoms with Crippen LogP contribution in [0.4, 0.5) is 5.69 Å². The second-order valence-corrected chi connectivity index (χ2v) is 2.55. The number of hydrogen-bond donors (Lipinski definition) is 2. The minimum absolute atomic E-state index is 0.312. The third-order valence-electron chi connectivity index (χ3n) is 1.74. The van der Waals surface area contributed by atoms with Crippen molar-refractivity contribution < 1.29 is 5.11 Å². The number of phenolic OH excluding ortho intramolecular Hbond substituents is 1. The van der Waals surface area contributed by atoms with Gasteiger partial charge in [0, 0.05) is 18.3 Å². The fraction of sp³-hybridized carbons (Fsp3) is 0.111. The first-order valence-electron chi connectivity index (χ1n) is 3.60. The topological polar surface area (TPSA) is 32.3 Å². The Kier molecular flexibility index (Phi) is 1.32. The van der Waals surface area contributed by atoms with Crippen LogP contribution < -0.4 is 5.32 Å². The lowest BCUT2D eigenvalue weighted by Gasteiger charge is -2.12. The van der Waals surface area contributed by atoms with E-state index in [4.69, 9.17) is 5.11 Å². The summed E-state index contributed by atoms with van der Waals surface area (Å²) >= 11 is 0. The Morgan fingerprint density at radius 3 is 3.18 bits per heavy atom. The van der Waals surface area contributed by atoms with Gasteiger partial charge in [-0.1, -0.05) is 12.2 Å². The van der Waals surface area contributed by atoms with Gasteiger partial charge >= 0.3 is 0 Å². The quantitative estimate of drug-likeness (QED) is 0.586. The van der Waals surface area contributed by atoms with Crippen LogP contribution in [-0.4, -0.2) is 11.7 Å². The largest absolute Gasteiger partial charge is 0.508 e. The number of nitrogens with one attached hydrogen (secondary N) is 1. The minimum Gasteiger partial charge on any atom is -0.508 e. The van der Waals surface area contributed by atoms with Gasteiger partial charge in [-0.3, -0.25) is 0 Å². The summed E-state index contributed by atoms with van der Waals surface area (Å²) in [6.07, 6.45) is 4.10. The Morgan fingerprint density at radius 2 is 2.27 bits per heavy atom. The van der Waals surface area contributed by atoms with E-state index in [0.717, 1.165) is 17.8 Å². The zero-order valence-corrected chi connectivity index (χ0v) is 6.04. The third-order valence-corrected chi connectivity index (χ3v) is 1.74. The number of fused-ring (bicyclic) bond motifs is 1. The molecule has 1 aliphatic heterocycles. The Hall–Kier alpha value is -1.44. The summed E-state index contributed by atoms with van der Waals surface area (Å²) in [5.41, 5.74) is 2.14. The van der Waals surface area contributed by atoms with E-state index < -0.39 is 0 Å². The number of hydrogen-bond acceptors (Lipinski definition) is 2. The molecule has 1 heterocycles. The molecule has 0 fully saturated rings. The van der Waals surface area contributed by atoms with E-state index in [1.807, 2.05) is 12.1 Å². The van der Waals surface area contributed by atoms with Gasteiger partial charge in [0.1, 0.15) is 5.75 Å². The predicted octanol–water partition coefficient (Wildman–Crippen LogP) is 1.83. The third kappa shape index (κ3) is 1.07. The lowest BCUT2D eigenvalue weighted by Crippen LogP contribution is -2.03. The molecule has 0 saturated heterocycles. The molecule has 0 amide bonds. The second kappa shape index (κ2) is 2.31. The molecule has 1 aromatic carbocycles. The van der Waals surface area contributed by atoms with Crippen molar-refractivity contribution in [1.82, 2.24) is 0 Å². The van der Waals surface area contributed by atoms with E-state index in [9.17, 15) is 0 Å². The molecule has 0 unspecified atom stereocenters. The number of rotatable bonds is 0. The van der Waals surface area contributed by atoms with Crippen LogP contribution >= 0.6 is 0 Å². The molecule has 0 radical (unpaired) electrons. The van der Waals surface area contributed by atoms with Crippen LogP contribution in [0.2, 0.25) is 0 Å². The first kappa shape index (κ1) is 6.28. The summed E-state index contributed by atoms with van der Waals surface area (Å²) < 4.78 is 0. The van der Waals surface area contributed by atoms with Gasteiger partial charge in [-0.15, -0.1) is 0 Å². The van der Waals surface area contributed by atoms with Gasteiger partial charge in [0.15, 0.2) is 0 Å². The van der Waals surface area contributed by atoms with Crippen molar-refractivity contribution in [3.63, 3.8) is 0 Å². The van der Waals surface area contributed by atoms with Crippen LogP contribution in [0.15, 0.2) is 24.3 Å². The molecule has 0 aliphatic carbocycles. The van der Waals surface area contributed by atoms with Gasteiger partial charge in [-0.05, 0) is 17.7 Å². The molecule has 2 N–H and O–H groups in total. The molecule has 2 nitrogen and oxygen atoms in total. The number of aromatic hydroxyl groups is 1. The SMILES string of the molecule is Oc1ccc2c(c1)NCC=C2. The van der Waals surface area contributed by atoms with Crippen molar-refractivity contribution >= 4 is 11.8 Å². The smallest absolute Gasteiger partial charge is 0.117 e. The highest BCUT2D eigenvalue weighted by Gasteiger charge is 2.02. The van der Waals surface area contributed by atoms with Crippen LogP contribution in [0, 0.1) is 0 Å². The molecule has 0 aromatic heterocycles. The molecular formula is C9H9NO. The maximum absolute atomic E-state index is 9.12. The molecule has 2 heteroatoms. The average molecular weight is 147 g/mol. The molecule has 0 atom stereocenters. The monoisotopic (exact) mass is 147 g/mol. The second-order valence-electron chi connectivity index (χ2n) is 2.55. The van der Waals surface area contributed by atoms with Gasteiger partial charge in [0.2, 0.25) is 0 Å². The van der Waals surface area contributed by atoms with Crippen molar-refractivity contribution in [3.8, 4) is 5.75 Å². The normalized spacial score (nSPS) is 13.8. The molecule has 1 aromatic rings. The molecule has 0 saturated carbocycles. The lowest BCUT2D eigenvalue weighted by atomic mass is 10.1. The fourth-order valence-corrected chi connectivity index (χ4v) is 1.20. The van der Waals surface area contributed by atoms with Crippen molar-refractivity contribution in [1.29, 1.82) is 0 Å². The zero-order valence-electron chi connectivity index (χ0n) is 6.04. The van der Waals surface area contributed by atoms with E-state index in [1.54, 1.807) is 12.1 Å². The van der Waals surface area contributed by atoms with E-state index in [1.165, 1.54) is 0 Å². The van der Waals surface area contributed by atoms with E-state index in [-0.39, 0.29) is 0 Å². The standard InChI is InChI=1S/C9H9NO/c11-8-4-3-7-2-1-5-10-9(7)6-8/h1-4,6,10-11H,5H2. The van der Waals surface area contributed by atoms with Crippen LogP contribution in [-0.2, 0) is 0 Å². The van der Waals surface area contributed by atoms with Crippen molar-refractivity contribution in [2.45, 2.75) is 0 Å². The van der Waals surface area contributed by atoms with E-state index >= 15 is 0 Å². The first-order chi connectivity index (χ1) is 5.36. The van der Waals surface area contributed by atoms with Gasteiger partial charge in [-0.25, -0.2) is 0 Å².